The fraction of sp³-hybridized carbons (Fsp3) is 0.0833. The molecule has 10 heteroatoms. The van der Waals surface area contributed by atoms with Crippen molar-refractivity contribution in [3.63, 3.8) is 0 Å². The van der Waals surface area contributed by atoms with Gasteiger partial charge < -0.3 is 15.4 Å². The molecule has 0 aliphatic carbocycles. The van der Waals surface area contributed by atoms with Crippen LogP contribution in [0.3, 0.4) is 0 Å². The van der Waals surface area contributed by atoms with Gasteiger partial charge in [0.1, 0.15) is 5.75 Å². The molecule has 0 saturated carbocycles. The van der Waals surface area contributed by atoms with E-state index >= 15 is 0 Å². The normalized spacial score (nSPS) is 10.6. The van der Waals surface area contributed by atoms with Gasteiger partial charge in [-0.25, -0.2) is 5.43 Å². The summed E-state index contributed by atoms with van der Waals surface area (Å²) in [6, 6.07) is 18.4. The van der Waals surface area contributed by atoms with Gasteiger partial charge in [-0.2, -0.15) is 5.10 Å². The number of hydrazone groups is 1. The van der Waals surface area contributed by atoms with E-state index in [2.05, 4.69) is 21.2 Å². The van der Waals surface area contributed by atoms with Crippen molar-refractivity contribution < 1.29 is 19.1 Å². The molecule has 0 saturated heterocycles. The molecule has 3 N–H and O–H groups in total. The number of amides is 3. The van der Waals surface area contributed by atoms with E-state index < -0.39 is 11.8 Å². The lowest BCUT2D eigenvalue weighted by Gasteiger charge is -2.10. The molecule has 3 aromatic rings. The topological polar surface area (TPSA) is 109 Å². The van der Waals surface area contributed by atoms with Crippen LogP contribution in [0.1, 0.15) is 11.1 Å². The number of hydrogen-bond donors (Lipinski definition) is 3. The highest BCUT2D eigenvalue weighted by molar-refractivity contribution is 6.41. The highest BCUT2D eigenvalue weighted by atomic mass is 35.5. The summed E-state index contributed by atoms with van der Waals surface area (Å²) in [6.07, 6.45) is 1.36. The van der Waals surface area contributed by atoms with E-state index in [0.29, 0.717) is 32.7 Å². The molecule has 0 bridgehead atoms. The minimum atomic E-state index is -0.947. The fourth-order valence-electron chi connectivity index (χ4n) is 2.67. The van der Waals surface area contributed by atoms with Gasteiger partial charge in [0.25, 0.3) is 5.91 Å². The number of halogens is 2. The van der Waals surface area contributed by atoms with Gasteiger partial charge in [-0.05, 0) is 66.6 Å². The Labute approximate surface area is 205 Å². The summed E-state index contributed by atoms with van der Waals surface area (Å²) >= 11 is 11.9. The maximum Gasteiger partial charge on any atom is 0.329 e. The first kappa shape index (κ1) is 24.8. The molecular weight excluding hydrogens is 479 g/mol. The van der Waals surface area contributed by atoms with Gasteiger partial charge in [0.15, 0.2) is 6.61 Å². The third kappa shape index (κ3) is 7.33. The summed E-state index contributed by atoms with van der Waals surface area (Å²) in [7, 11) is 0. The number of aryl methyl sites for hydroxylation is 1. The van der Waals surface area contributed by atoms with Gasteiger partial charge in [-0.15, -0.1) is 0 Å². The van der Waals surface area contributed by atoms with Crippen LogP contribution in [0.5, 0.6) is 5.75 Å². The molecule has 174 valence electrons. The molecule has 0 aliphatic heterocycles. The minimum absolute atomic E-state index is 0.185. The monoisotopic (exact) mass is 498 g/mol. The van der Waals surface area contributed by atoms with Crippen molar-refractivity contribution in [3.05, 3.63) is 87.9 Å². The van der Waals surface area contributed by atoms with Crippen LogP contribution in [0.2, 0.25) is 10.0 Å². The lowest BCUT2D eigenvalue weighted by atomic mass is 10.2. The molecule has 0 aromatic heterocycles. The summed E-state index contributed by atoms with van der Waals surface area (Å²) < 4.78 is 5.48. The maximum absolute atomic E-state index is 12.1. The highest BCUT2D eigenvalue weighted by Gasteiger charge is 2.14. The Bertz CT molecular complexity index is 1230. The number of carbonyl (C=O) groups excluding carboxylic acids is 3. The van der Waals surface area contributed by atoms with Gasteiger partial charge >= 0.3 is 11.8 Å². The molecule has 0 fully saturated rings. The minimum Gasteiger partial charge on any atom is -0.484 e. The number of rotatable bonds is 7. The zero-order valence-corrected chi connectivity index (χ0v) is 19.5. The third-order valence-electron chi connectivity index (χ3n) is 4.43. The van der Waals surface area contributed by atoms with Crippen molar-refractivity contribution in [2.45, 2.75) is 6.92 Å². The SMILES string of the molecule is Cc1ccc(Cl)cc1NC(=O)COc1ccc(/C=N\NC(=O)C(=O)Nc2ccccc2Cl)cc1. The van der Waals surface area contributed by atoms with E-state index in [1.54, 1.807) is 60.7 Å². The van der Waals surface area contributed by atoms with Crippen LogP contribution in [0, 0.1) is 6.92 Å². The summed E-state index contributed by atoms with van der Waals surface area (Å²) in [6.45, 7) is 1.68. The van der Waals surface area contributed by atoms with E-state index in [9.17, 15) is 14.4 Å². The van der Waals surface area contributed by atoms with E-state index in [1.165, 1.54) is 6.21 Å². The number of ether oxygens (including phenoxy) is 1. The van der Waals surface area contributed by atoms with Gasteiger partial charge in [0.2, 0.25) is 0 Å². The highest BCUT2D eigenvalue weighted by Crippen LogP contribution is 2.21. The Morgan fingerprint density at radius 3 is 2.38 bits per heavy atom. The van der Waals surface area contributed by atoms with E-state index in [-0.39, 0.29) is 12.5 Å². The number of para-hydroxylation sites is 1. The molecule has 0 heterocycles. The van der Waals surface area contributed by atoms with E-state index in [1.807, 2.05) is 13.0 Å². The maximum atomic E-state index is 12.1. The Hall–Kier alpha value is -3.88. The molecule has 0 aliphatic rings. The van der Waals surface area contributed by atoms with Crippen molar-refractivity contribution in [2.24, 2.45) is 5.10 Å². The number of hydrogen-bond acceptors (Lipinski definition) is 5. The summed E-state index contributed by atoms with van der Waals surface area (Å²) in [5.41, 5.74) is 4.60. The van der Waals surface area contributed by atoms with Crippen LogP contribution >= 0.6 is 23.2 Å². The Kier molecular flexibility index (Phi) is 8.61. The van der Waals surface area contributed by atoms with E-state index in [0.717, 1.165) is 5.56 Å². The van der Waals surface area contributed by atoms with E-state index in [4.69, 9.17) is 27.9 Å². The van der Waals surface area contributed by atoms with Crippen LogP contribution in [-0.2, 0) is 14.4 Å². The van der Waals surface area contributed by atoms with Crippen molar-refractivity contribution in [3.8, 4) is 5.75 Å². The van der Waals surface area contributed by atoms with Crippen LogP contribution in [0.15, 0.2) is 71.8 Å². The first-order valence-electron chi connectivity index (χ1n) is 9.99. The van der Waals surface area contributed by atoms with Crippen LogP contribution < -0.4 is 20.8 Å². The molecule has 3 rings (SSSR count). The second kappa shape index (κ2) is 11.8. The Morgan fingerprint density at radius 2 is 1.65 bits per heavy atom. The molecule has 0 spiro atoms. The van der Waals surface area contributed by atoms with Crippen LogP contribution in [0.25, 0.3) is 0 Å². The van der Waals surface area contributed by atoms with Crippen molar-refractivity contribution in [1.82, 2.24) is 5.43 Å². The number of anilines is 2. The Balaban J connectivity index is 1.45. The zero-order valence-electron chi connectivity index (χ0n) is 18.0. The average molecular weight is 499 g/mol. The molecule has 0 atom stereocenters. The van der Waals surface area contributed by atoms with Gasteiger partial charge in [-0.3, -0.25) is 14.4 Å². The predicted octanol–water partition coefficient (Wildman–Crippen LogP) is 4.41. The second-order valence-corrected chi connectivity index (χ2v) is 7.84. The van der Waals surface area contributed by atoms with Gasteiger partial charge in [0.05, 0.1) is 16.9 Å². The molecule has 34 heavy (non-hydrogen) atoms. The molecule has 3 amide bonds. The molecule has 0 unspecified atom stereocenters. The standard InChI is InChI=1S/C24H20Cl2N4O4/c1-15-6-9-17(25)12-21(15)28-22(31)14-34-18-10-7-16(8-11-18)13-27-30-24(33)23(32)29-20-5-3-2-4-19(20)26/h2-13H,14H2,1H3,(H,28,31)(H,29,32)(H,30,33)/b27-13-. The van der Waals surface area contributed by atoms with Gasteiger partial charge in [0, 0.05) is 10.7 Å². The number of nitrogens with zero attached hydrogens (tertiary/aromatic N) is 1. The largest absolute Gasteiger partial charge is 0.484 e. The average Bonchev–Trinajstić information content (AvgIpc) is 2.82. The summed E-state index contributed by atoms with van der Waals surface area (Å²) in [5, 5.41) is 9.74. The number of benzene rings is 3. The Morgan fingerprint density at radius 1 is 0.912 bits per heavy atom. The van der Waals surface area contributed by atoms with Crippen molar-refractivity contribution in [2.75, 3.05) is 17.2 Å². The zero-order chi connectivity index (χ0) is 24.5. The second-order valence-electron chi connectivity index (χ2n) is 7.00. The lowest BCUT2D eigenvalue weighted by Crippen LogP contribution is -2.32. The molecule has 0 radical (unpaired) electrons. The summed E-state index contributed by atoms with van der Waals surface area (Å²) in [5.74, 6) is -1.70. The van der Waals surface area contributed by atoms with Crippen LogP contribution in [-0.4, -0.2) is 30.5 Å². The molecular formula is C24H20Cl2N4O4. The summed E-state index contributed by atoms with van der Waals surface area (Å²) in [4.78, 5) is 35.9. The van der Waals surface area contributed by atoms with Gasteiger partial charge in [-0.1, -0.05) is 41.4 Å². The predicted molar refractivity (Wildman–Crippen MR) is 133 cm³/mol. The van der Waals surface area contributed by atoms with Crippen LogP contribution in [0.4, 0.5) is 11.4 Å². The quantitative estimate of drug-likeness (QED) is 0.254. The lowest BCUT2D eigenvalue weighted by molar-refractivity contribution is -0.136. The van der Waals surface area contributed by atoms with Crippen molar-refractivity contribution in [1.29, 1.82) is 0 Å². The molecule has 8 nitrogen and oxygen atoms in total. The first-order chi connectivity index (χ1) is 16.3. The van der Waals surface area contributed by atoms with Crippen molar-refractivity contribution >= 4 is 58.5 Å². The molecule has 3 aromatic carbocycles. The number of carbonyl (C=O) groups is 3. The smallest absolute Gasteiger partial charge is 0.329 e. The number of nitrogens with one attached hydrogen (secondary N) is 3. The first-order valence-corrected chi connectivity index (χ1v) is 10.7. The fourth-order valence-corrected chi connectivity index (χ4v) is 3.03. The third-order valence-corrected chi connectivity index (χ3v) is 5.00.